The van der Waals surface area contributed by atoms with Gasteiger partial charge in [-0.2, -0.15) is 8.42 Å². The van der Waals surface area contributed by atoms with Crippen molar-refractivity contribution < 1.29 is 13.2 Å². The highest BCUT2D eigenvalue weighted by Gasteiger charge is 2.29. The Morgan fingerprint density at radius 2 is 2.05 bits per heavy atom. The van der Waals surface area contributed by atoms with Crippen LogP contribution in [0.5, 0.6) is 0 Å². The molecule has 0 aliphatic carbocycles. The maximum absolute atomic E-state index is 11.8. The summed E-state index contributed by atoms with van der Waals surface area (Å²) in [7, 11) is -3.56. The van der Waals surface area contributed by atoms with Gasteiger partial charge in [-0.3, -0.25) is 0 Å². The van der Waals surface area contributed by atoms with Crippen LogP contribution in [0.3, 0.4) is 0 Å². The first-order valence-electron chi connectivity index (χ1n) is 6.31. The molecule has 0 saturated heterocycles. The third kappa shape index (κ3) is 3.33. The van der Waals surface area contributed by atoms with Gasteiger partial charge in [0.05, 0.1) is 12.2 Å². The maximum atomic E-state index is 11.8. The molecule has 1 aromatic carbocycles. The molecule has 0 aromatic heterocycles. The lowest BCUT2D eigenvalue weighted by atomic mass is 10.2. The zero-order valence-corrected chi connectivity index (χ0v) is 11.9. The molecule has 2 rings (SSSR count). The summed E-state index contributed by atoms with van der Waals surface area (Å²) in [4.78, 5) is 0.227. The van der Waals surface area contributed by atoms with Crippen molar-refractivity contribution in [3.63, 3.8) is 0 Å². The molecule has 1 heterocycles. The molecule has 1 aromatic rings. The summed E-state index contributed by atoms with van der Waals surface area (Å²) in [6.45, 7) is 5.43. The number of ether oxygens (including phenoxy) is 1. The molecule has 0 saturated carbocycles. The highest BCUT2D eigenvalue weighted by molar-refractivity contribution is 7.90. The van der Waals surface area contributed by atoms with Crippen molar-refractivity contribution in [2.45, 2.75) is 31.2 Å². The number of fused-ring (bicyclic) bond motifs is 1. The second-order valence-corrected chi connectivity index (χ2v) is 6.25. The van der Waals surface area contributed by atoms with E-state index in [1.165, 1.54) is 0 Å². The van der Waals surface area contributed by atoms with Gasteiger partial charge < -0.3 is 10.1 Å². The molecular formula is C13H18N2O3S. The Kier molecular flexibility index (Phi) is 4.21. The van der Waals surface area contributed by atoms with E-state index >= 15 is 0 Å². The Morgan fingerprint density at radius 3 is 2.79 bits per heavy atom. The first-order valence-corrected chi connectivity index (χ1v) is 7.75. The lowest BCUT2D eigenvalue weighted by molar-refractivity contribution is 0.296. The van der Waals surface area contributed by atoms with E-state index in [0.717, 1.165) is 13.0 Å². The van der Waals surface area contributed by atoms with E-state index < -0.39 is 10.0 Å². The van der Waals surface area contributed by atoms with Gasteiger partial charge in [0.25, 0.3) is 10.0 Å². The van der Waals surface area contributed by atoms with Gasteiger partial charge in [0.15, 0.2) is 0 Å². The van der Waals surface area contributed by atoms with Crippen LogP contribution < -0.4 is 5.32 Å². The predicted molar refractivity (Wildman–Crippen MR) is 73.9 cm³/mol. The molecule has 1 aliphatic heterocycles. The normalized spacial score (nSPS) is 16.3. The van der Waals surface area contributed by atoms with E-state index in [2.05, 4.69) is 23.6 Å². The fourth-order valence-electron chi connectivity index (χ4n) is 1.81. The van der Waals surface area contributed by atoms with Crippen LogP contribution >= 0.6 is 0 Å². The van der Waals surface area contributed by atoms with E-state index in [4.69, 9.17) is 4.74 Å². The summed E-state index contributed by atoms with van der Waals surface area (Å²) in [5.41, 5.74) is 0.555. The third-order valence-corrected chi connectivity index (χ3v) is 4.03. The van der Waals surface area contributed by atoms with E-state index in [9.17, 15) is 8.42 Å². The predicted octanol–water partition coefficient (Wildman–Crippen LogP) is 1.54. The summed E-state index contributed by atoms with van der Waals surface area (Å²) in [6, 6.07) is 7.15. The molecule has 104 valence electrons. The molecule has 5 nitrogen and oxygen atoms in total. The Bertz CT molecular complexity index is 579. The van der Waals surface area contributed by atoms with Crippen LogP contribution in [0.4, 0.5) is 0 Å². The van der Waals surface area contributed by atoms with E-state index in [0.29, 0.717) is 18.2 Å². The number of hydrogen-bond donors (Lipinski definition) is 1. The third-order valence-electron chi connectivity index (χ3n) is 2.71. The van der Waals surface area contributed by atoms with Crippen molar-refractivity contribution >= 4 is 15.9 Å². The highest BCUT2D eigenvalue weighted by Crippen LogP contribution is 2.26. The number of rotatable bonds is 5. The summed E-state index contributed by atoms with van der Waals surface area (Å²) in [5.74, 6) is 0.208. The average Bonchev–Trinajstić information content (AvgIpc) is 2.61. The molecule has 0 atom stereocenters. The molecule has 0 bridgehead atoms. The van der Waals surface area contributed by atoms with E-state index in [1.54, 1.807) is 24.3 Å². The Hall–Kier alpha value is -1.40. The minimum Gasteiger partial charge on any atom is -0.477 e. The van der Waals surface area contributed by atoms with Crippen molar-refractivity contribution in [2.75, 3.05) is 13.2 Å². The monoisotopic (exact) mass is 282 g/mol. The quantitative estimate of drug-likeness (QED) is 0.832. The minimum atomic E-state index is -3.56. The van der Waals surface area contributed by atoms with Gasteiger partial charge in [-0.25, -0.2) is 0 Å². The zero-order chi connectivity index (χ0) is 13.9. The van der Waals surface area contributed by atoms with Crippen LogP contribution in [-0.4, -0.2) is 33.5 Å². The first kappa shape index (κ1) is 14.0. The van der Waals surface area contributed by atoms with Crippen LogP contribution in [0.25, 0.3) is 0 Å². The number of hydrogen-bond acceptors (Lipinski definition) is 4. The molecule has 6 heteroatoms. The number of nitrogens with one attached hydrogen (secondary N) is 1. The average molecular weight is 282 g/mol. The van der Waals surface area contributed by atoms with E-state index in [-0.39, 0.29) is 10.8 Å². The molecular weight excluding hydrogens is 264 g/mol. The van der Waals surface area contributed by atoms with Gasteiger partial charge in [-0.1, -0.05) is 26.0 Å². The smallest absolute Gasteiger partial charge is 0.286 e. The van der Waals surface area contributed by atoms with Crippen LogP contribution in [-0.2, 0) is 14.8 Å². The lowest BCUT2D eigenvalue weighted by Gasteiger charge is -2.08. The van der Waals surface area contributed by atoms with Crippen molar-refractivity contribution in [3.8, 4) is 0 Å². The summed E-state index contributed by atoms with van der Waals surface area (Å²) >= 11 is 0. The summed E-state index contributed by atoms with van der Waals surface area (Å²) < 4.78 is 32.7. The van der Waals surface area contributed by atoms with Gasteiger partial charge in [0, 0.05) is 6.04 Å². The summed E-state index contributed by atoms with van der Waals surface area (Å²) in [5, 5.41) is 3.27. The molecule has 0 unspecified atom stereocenters. The summed E-state index contributed by atoms with van der Waals surface area (Å²) in [6.07, 6.45) is 0.805. The molecule has 0 spiro atoms. The molecule has 0 fully saturated rings. The van der Waals surface area contributed by atoms with Crippen LogP contribution in [0, 0.1) is 0 Å². The molecule has 1 N–H and O–H groups in total. The Morgan fingerprint density at radius 1 is 1.32 bits per heavy atom. The number of sulfonamides is 1. The van der Waals surface area contributed by atoms with Gasteiger partial charge in [0.1, 0.15) is 4.90 Å². The van der Waals surface area contributed by atoms with Crippen molar-refractivity contribution in [1.29, 1.82) is 0 Å². The molecule has 1 aliphatic rings. The molecule has 0 amide bonds. The zero-order valence-electron chi connectivity index (χ0n) is 11.1. The van der Waals surface area contributed by atoms with Crippen LogP contribution in [0.15, 0.2) is 33.6 Å². The first-order chi connectivity index (χ1) is 9.00. The van der Waals surface area contributed by atoms with Crippen molar-refractivity contribution in [3.05, 3.63) is 29.8 Å². The fourth-order valence-corrected chi connectivity index (χ4v) is 2.96. The number of nitrogens with zero attached hydrogens (tertiary/aromatic N) is 1. The van der Waals surface area contributed by atoms with Crippen LogP contribution in [0.2, 0.25) is 0 Å². The van der Waals surface area contributed by atoms with Gasteiger partial charge >= 0.3 is 0 Å². The molecule has 0 radical (unpaired) electrons. The largest absolute Gasteiger partial charge is 0.477 e. The second-order valence-electron chi connectivity index (χ2n) is 4.68. The van der Waals surface area contributed by atoms with Gasteiger partial charge in [-0.15, -0.1) is 4.40 Å². The lowest BCUT2D eigenvalue weighted by Crippen LogP contribution is -2.24. The van der Waals surface area contributed by atoms with Crippen LogP contribution in [0.1, 0.15) is 25.8 Å². The Balaban J connectivity index is 1.96. The van der Waals surface area contributed by atoms with E-state index in [1.807, 2.05) is 0 Å². The molecule has 19 heavy (non-hydrogen) atoms. The maximum Gasteiger partial charge on any atom is 0.286 e. The van der Waals surface area contributed by atoms with Crippen molar-refractivity contribution in [2.24, 2.45) is 4.40 Å². The minimum absolute atomic E-state index is 0.208. The number of benzene rings is 1. The van der Waals surface area contributed by atoms with Crippen molar-refractivity contribution in [1.82, 2.24) is 5.32 Å². The van der Waals surface area contributed by atoms with Gasteiger partial charge in [-0.05, 0) is 25.1 Å². The topological polar surface area (TPSA) is 67.8 Å². The Labute approximate surface area is 113 Å². The van der Waals surface area contributed by atoms with Gasteiger partial charge in [0.2, 0.25) is 5.90 Å². The second kappa shape index (κ2) is 5.71. The highest BCUT2D eigenvalue weighted by atomic mass is 32.2. The fraction of sp³-hybridized carbons (Fsp3) is 0.462. The standard InChI is InChI=1S/C13H18N2O3S/c1-10(2)14-8-5-9-18-13-11-6-3-4-7-12(11)19(16,17)15-13/h3-4,6-7,10,14H,5,8-9H2,1-2H3. The SMILES string of the molecule is CC(C)NCCCOC1=NS(=O)(=O)c2ccccc21.